The molecule has 21 heavy (non-hydrogen) atoms. The number of carbonyl (C=O) groups excluding carboxylic acids is 1. The molecule has 1 heterocycles. The van der Waals surface area contributed by atoms with Gasteiger partial charge in [0.25, 0.3) is 0 Å². The fourth-order valence-corrected chi connectivity index (χ4v) is 2.40. The number of nitrogens with one attached hydrogen (secondary N) is 1. The summed E-state index contributed by atoms with van der Waals surface area (Å²) in [5.41, 5.74) is 3.85. The normalized spacial score (nSPS) is 13.6. The average Bonchev–Trinajstić information content (AvgIpc) is 2.48. The Balaban J connectivity index is 2.01. The predicted octanol–water partition coefficient (Wildman–Crippen LogP) is 3.03. The molecule has 0 saturated carbocycles. The Hall–Kier alpha value is -2.82. The van der Waals surface area contributed by atoms with Crippen molar-refractivity contribution in [3.8, 4) is 11.1 Å². The van der Waals surface area contributed by atoms with Crippen LogP contribution in [0, 0.1) is 0 Å². The minimum atomic E-state index is -0.943. The first-order chi connectivity index (χ1) is 10.0. The lowest BCUT2D eigenvalue weighted by molar-refractivity contribution is 0.0697. The SMILES string of the molecule is CN1Cc2cc(-c3cccc(C(=O)O)c3)ccc2NC1=O. The standard InChI is InChI=1S/C16H14N2O3/c1-18-9-13-8-11(5-6-14(13)17-16(18)21)10-3-2-4-12(7-10)15(19)20/h2-8H,9H2,1H3,(H,17,21)(H,19,20). The lowest BCUT2D eigenvalue weighted by Crippen LogP contribution is -2.35. The number of aromatic carboxylic acids is 1. The van der Waals surface area contributed by atoms with Crippen LogP contribution in [-0.2, 0) is 6.54 Å². The van der Waals surface area contributed by atoms with Crippen LogP contribution in [0.15, 0.2) is 42.5 Å². The summed E-state index contributed by atoms with van der Waals surface area (Å²) in [6, 6.07) is 12.4. The molecule has 0 saturated heterocycles. The van der Waals surface area contributed by atoms with Gasteiger partial charge in [0.1, 0.15) is 0 Å². The van der Waals surface area contributed by atoms with Crippen molar-refractivity contribution >= 4 is 17.7 Å². The highest BCUT2D eigenvalue weighted by Gasteiger charge is 2.19. The fourth-order valence-electron chi connectivity index (χ4n) is 2.40. The van der Waals surface area contributed by atoms with Gasteiger partial charge in [0.2, 0.25) is 0 Å². The third-order valence-electron chi connectivity index (χ3n) is 3.54. The van der Waals surface area contributed by atoms with E-state index < -0.39 is 5.97 Å². The van der Waals surface area contributed by atoms with Gasteiger partial charge in [-0.3, -0.25) is 0 Å². The minimum absolute atomic E-state index is 0.122. The third kappa shape index (κ3) is 2.45. The molecule has 0 aromatic heterocycles. The highest BCUT2D eigenvalue weighted by Crippen LogP contribution is 2.29. The van der Waals surface area contributed by atoms with E-state index in [2.05, 4.69) is 5.32 Å². The van der Waals surface area contributed by atoms with Gasteiger partial charge in [-0.15, -0.1) is 0 Å². The van der Waals surface area contributed by atoms with Gasteiger partial charge in [0.05, 0.1) is 5.56 Å². The summed E-state index contributed by atoms with van der Waals surface area (Å²) in [4.78, 5) is 24.2. The Morgan fingerprint density at radius 3 is 2.71 bits per heavy atom. The topological polar surface area (TPSA) is 69.6 Å². The summed E-state index contributed by atoms with van der Waals surface area (Å²) in [5, 5.41) is 11.9. The van der Waals surface area contributed by atoms with Gasteiger partial charge in [-0.25, -0.2) is 9.59 Å². The Morgan fingerprint density at radius 2 is 1.95 bits per heavy atom. The number of carboxylic acids is 1. The van der Waals surface area contributed by atoms with E-state index in [0.29, 0.717) is 6.54 Å². The zero-order valence-corrected chi connectivity index (χ0v) is 11.5. The van der Waals surface area contributed by atoms with E-state index in [4.69, 9.17) is 5.11 Å². The van der Waals surface area contributed by atoms with Crippen molar-refractivity contribution in [2.75, 3.05) is 12.4 Å². The number of amides is 2. The van der Waals surface area contributed by atoms with E-state index in [9.17, 15) is 9.59 Å². The molecule has 1 aliphatic heterocycles. The number of urea groups is 1. The maximum atomic E-state index is 11.6. The monoisotopic (exact) mass is 282 g/mol. The Morgan fingerprint density at radius 1 is 1.19 bits per heavy atom. The number of fused-ring (bicyclic) bond motifs is 1. The van der Waals surface area contributed by atoms with Crippen LogP contribution in [0.5, 0.6) is 0 Å². The quantitative estimate of drug-likeness (QED) is 0.889. The van der Waals surface area contributed by atoms with Crippen molar-refractivity contribution in [1.82, 2.24) is 4.90 Å². The molecule has 0 fully saturated rings. The first kappa shape index (κ1) is 13.2. The number of nitrogens with zero attached hydrogens (tertiary/aromatic N) is 1. The summed E-state index contributed by atoms with van der Waals surface area (Å²) in [6.45, 7) is 0.535. The largest absolute Gasteiger partial charge is 0.478 e. The number of anilines is 1. The molecule has 5 nitrogen and oxygen atoms in total. The van der Waals surface area contributed by atoms with Crippen molar-refractivity contribution in [1.29, 1.82) is 0 Å². The number of benzene rings is 2. The lowest BCUT2D eigenvalue weighted by Gasteiger charge is -2.26. The molecule has 3 rings (SSSR count). The van der Waals surface area contributed by atoms with Crippen molar-refractivity contribution < 1.29 is 14.7 Å². The van der Waals surface area contributed by atoms with Gasteiger partial charge >= 0.3 is 12.0 Å². The van der Waals surface area contributed by atoms with Crippen LogP contribution in [-0.4, -0.2) is 29.1 Å². The van der Waals surface area contributed by atoms with E-state index in [1.165, 1.54) is 0 Å². The van der Waals surface area contributed by atoms with Crippen LogP contribution in [0.4, 0.5) is 10.5 Å². The van der Waals surface area contributed by atoms with Crippen molar-refractivity contribution in [2.45, 2.75) is 6.54 Å². The molecule has 5 heteroatoms. The van der Waals surface area contributed by atoms with Crippen LogP contribution in [0.3, 0.4) is 0 Å². The van der Waals surface area contributed by atoms with Gasteiger partial charge in [0, 0.05) is 19.3 Å². The van der Waals surface area contributed by atoms with Gasteiger partial charge < -0.3 is 15.3 Å². The summed E-state index contributed by atoms with van der Waals surface area (Å²) in [7, 11) is 1.73. The molecular weight excluding hydrogens is 268 g/mol. The molecule has 2 aromatic rings. The Kier molecular flexibility index (Phi) is 3.10. The van der Waals surface area contributed by atoms with E-state index in [-0.39, 0.29) is 11.6 Å². The van der Waals surface area contributed by atoms with Gasteiger partial charge in [-0.2, -0.15) is 0 Å². The third-order valence-corrected chi connectivity index (χ3v) is 3.54. The zero-order chi connectivity index (χ0) is 15.0. The molecule has 106 valence electrons. The molecule has 1 aliphatic rings. The number of carboxylic acid groups (broad SMARTS) is 1. The molecule has 2 N–H and O–H groups in total. The highest BCUT2D eigenvalue weighted by molar-refractivity contribution is 5.93. The van der Waals surface area contributed by atoms with Crippen LogP contribution in [0.2, 0.25) is 0 Å². The average molecular weight is 282 g/mol. The highest BCUT2D eigenvalue weighted by atomic mass is 16.4. The van der Waals surface area contributed by atoms with Crippen molar-refractivity contribution in [3.05, 3.63) is 53.6 Å². The molecule has 2 aromatic carbocycles. The lowest BCUT2D eigenvalue weighted by atomic mass is 9.99. The van der Waals surface area contributed by atoms with Gasteiger partial charge in [0.15, 0.2) is 0 Å². The first-order valence-corrected chi connectivity index (χ1v) is 6.53. The van der Waals surface area contributed by atoms with E-state index in [1.54, 1.807) is 30.1 Å². The molecule has 0 radical (unpaired) electrons. The molecular formula is C16H14N2O3. The van der Waals surface area contributed by atoms with E-state index in [1.807, 2.05) is 24.3 Å². The first-order valence-electron chi connectivity index (χ1n) is 6.53. The second-order valence-electron chi connectivity index (χ2n) is 5.04. The van der Waals surface area contributed by atoms with Crippen molar-refractivity contribution in [3.63, 3.8) is 0 Å². The Bertz CT molecular complexity index is 740. The number of carbonyl (C=O) groups is 2. The number of hydrogen-bond acceptors (Lipinski definition) is 2. The van der Waals surface area contributed by atoms with Crippen LogP contribution in [0.1, 0.15) is 15.9 Å². The summed E-state index contributed by atoms with van der Waals surface area (Å²) < 4.78 is 0. The predicted molar refractivity (Wildman–Crippen MR) is 79.3 cm³/mol. The summed E-state index contributed by atoms with van der Waals surface area (Å²) >= 11 is 0. The van der Waals surface area contributed by atoms with Gasteiger partial charge in [-0.1, -0.05) is 18.2 Å². The number of hydrogen-bond donors (Lipinski definition) is 2. The second kappa shape index (κ2) is 4.94. The zero-order valence-electron chi connectivity index (χ0n) is 11.5. The molecule has 0 atom stereocenters. The van der Waals surface area contributed by atoms with Crippen molar-refractivity contribution in [2.24, 2.45) is 0 Å². The molecule has 2 amide bonds. The molecule has 0 spiro atoms. The van der Waals surface area contributed by atoms with Crippen LogP contribution in [0.25, 0.3) is 11.1 Å². The smallest absolute Gasteiger partial charge is 0.335 e. The van der Waals surface area contributed by atoms with E-state index in [0.717, 1.165) is 22.4 Å². The maximum absolute atomic E-state index is 11.6. The second-order valence-corrected chi connectivity index (χ2v) is 5.04. The van der Waals surface area contributed by atoms with Crippen LogP contribution >= 0.6 is 0 Å². The number of rotatable bonds is 2. The van der Waals surface area contributed by atoms with Crippen LogP contribution < -0.4 is 5.32 Å². The Labute approximate surface area is 121 Å². The summed E-state index contributed by atoms with van der Waals surface area (Å²) in [6.07, 6.45) is 0. The minimum Gasteiger partial charge on any atom is -0.478 e. The fraction of sp³-hybridized carbons (Fsp3) is 0.125. The molecule has 0 aliphatic carbocycles. The van der Waals surface area contributed by atoms with Gasteiger partial charge in [-0.05, 0) is 41.0 Å². The summed E-state index contributed by atoms with van der Waals surface area (Å²) in [5.74, 6) is -0.943. The van der Waals surface area contributed by atoms with E-state index >= 15 is 0 Å². The maximum Gasteiger partial charge on any atom is 0.335 e. The molecule has 0 bridgehead atoms. The molecule has 0 unspecified atom stereocenters.